The number of hydrogen-bond donors (Lipinski definition) is 5. The molecule has 0 aromatic heterocycles. The van der Waals surface area contributed by atoms with E-state index in [0.29, 0.717) is 6.08 Å². The van der Waals surface area contributed by atoms with Crippen molar-refractivity contribution in [1.29, 1.82) is 0 Å². The molecule has 0 aromatic carbocycles. The third-order valence-electron chi connectivity index (χ3n) is 2.37. The van der Waals surface area contributed by atoms with E-state index in [-0.39, 0.29) is 0 Å². The Hall–Kier alpha value is -0.400. The maximum absolute atomic E-state index is 11.0. The van der Waals surface area contributed by atoms with Gasteiger partial charge in [-0.05, 0) is 6.08 Å². The molecule has 0 aromatic rings. The van der Waals surface area contributed by atoms with Gasteiger partial charge in [0.15, 0.2) is 0 Å². The van der Waals surface area contributed by atoms with Gasteiger partial charge in [0, 0.05) is 5.41 Å². The lowest BCUT2D eigenvalue weighted by Crippen LogP contribution is -2.43. The molecule has 0 amide bonds. The van der Waals surface area contributed by atoms with Crippen LogP contribution in [0.3, 0.4) is 0 Å². The van der Waals surface area contributed by atoms with E-state index in [2.05, 4.69) is 4.18 Å². The Morgan fingerprint density at radius 2 is 2.00 bits per heavy atom. The van der Waals surface area contributed by atoms with Crippen LogP contribution >= 0.6 is 0 Å². The van der Waals surface area contributed by atoms with E-state index in [1.54, 1.807) is 0 Å². The van der Waals surface area contributed by atoms with Gasteiger partial charge >= 0.3 is 11.4 Å². The molecular weight excluding hydrogens is 304 g/mol. The van der Waals surface area contributed by atoms with E-state index in [0.717, 1.165) is 0 Å². The van der Waals surface area contributed by atoms with Gasteiger partial charge < -0.3 is 15.3 Å². The zero-order valence-corrected chi connectivity index (χ0v) is 11.6. The maximum atomic E-state index is 11.0. The molecule has 114 valence electrons. The third-order valence-corrected chi connectivity index (χ3v) is 3.68. The van der Waals surface area contributed by atoms with Crippen LogP contribution in [0.4, 0.5) is 0 Å². The van der Waals surface area contributed by atoms with Crippen molar-refractivity contribution in [3.05, 3.63) is 11.0 Å². The minimum absolute atomic E-state index is 0.643. The summed E-state index contributed by atoms with van der Waals surface area (Å²) in [5.74, 6) is 0. The van der Waals surface area contributed by atoms with Gasteiger partial charge in [0.2, 0.25) is 0 Å². The van der Waals surface area contributed by atoms with Crippen LogP contribution in [0.2, 0.25) is 0 Å². The number of rotatable bonds is 8. The van der Waals surface area contributed by atoms with Crippen LogP contribution < -0.4 is 0 Å². The van der Waals surface area contributed by atoms with Crippen LogP contribution in [-0.2, 0) is 25.7 Å². The predicted octanol–water partition coefficient (Wildman–Crippen LogP) is -1.74. The van der Waals surface area contributed by atoms with Crippen molar-refractivity contribution in [2.75, 3.05) is 19.8 Å². The van der Waals surface area contributed by atoms with Crippen LogP contribution in [-0.4, -0.2) is 63.0 Å². The van der Waals surface area contributed by atoms with Crippen molar-refractivity contribution in [1.82, 2.24) is 0 Å². The topological polar surface area (TPSA) is 162 Å². The normalized spacial score (nSPS) is 19.8. The molecule has 0 bridgehead atoms. The highest BCUT2D eigenvalue weighted by Gasteiger charge is 2.40. The highest BCUT2D eigenvalue weighted by molar-refractivity contribution is 7.89. The number of hydrogen-bond acceptors (Lipinski definition) is 7. The van der Waals surface area contributed by atoms with E-state index in [1.165, 1.54) is 6.92 Å². The zero-order valence-electron chi connectivity index (χ0n) is 9.96. The first-order valence-corrected chi connectivity index (χ1v) is 7.37. The van der Waals surface area contributed by atoms with Gasteiger partial charge in [-0.1, -0.05) is 6.92 Å². The largest absolute Gasteiger partial charge is 0.396 e. The monoisotopic (exact) mass is 320 g/mol. The molecule has 3 atom stereocenters. The first-order chi connectivity index (χ1) is 8.58. The minimum Gasteiger partial charge on any atom is -0.396 e. The fourth-order valence-corrected chi connectivity index (χ4v) is 2.41. The molecule has 0 saturated carbocycles. The highest BCUT2D eigenvalue weighted by Crippen LogP contribution is 2.29. The Morgan fingerprint density at radius 3 is 2.32 bits per heavy atom. The van der Waals surface area contributed by atoms with Crippen LogP contribution in [0.25, 0.3) is 0 Å². The lowest BCUT2D eigenvalue weighted by molar-refractivity contribution is -0.0109. The van der Waals surface area contributed by atoms with Gasteiger partial charge in [-0.25, -0.2) is 0 Å². The summed E-state index contributed by atoms with van der Waals surface area (Å²) in [6.07, 6.45) is -1.30. The smallest absolute Gasteiger partial charge is 0.301 e. The van der Waals surface area contributed by atoms with Crippen LogP contribution in [0, 0.1) is 5.41 Å². The van der Waals surface area contributed by atoms with E-state index < -0.39 is 57.7 Å². The van der Waals surface area contributed by atoms with E-state index >= 15 is 0 Å². The standard InChI is InChI=1S/C8H16O9S2/c1-8(4-10,5-17-18(12)13)7(11)6(2-3-9)19(14,15)16/h2,7,9-11H,3-5H2,1H3,(H,12,13)(H,14,15,16). The molecule has 0 aliphatic rings. The Labute approximate surface area is 112 Å². The summed E-state index contributed by atoms with van der Waals surface area (Å²) in [6, 6.07) is 0. The molecule has 5 N–H and O–H groups in total. The Balaban J connectivity index is 5.35. The average molecular weight is 320 g/mol. The highest BCUT2D eigenvalue weighted by atomic mass is 32.2. The molecule has 9 nitrogen and oxygen atoms in total. The molecule has 0 aliphatic carbocycles. The fraction of sp³-hybridized carbons (Fsp3) is 0.750. The Bertz CT molecular complexity index is 443. The summed E-state index contributed by atoms with van der Waals surface area (Å²) < 4.78 is 54.2. The minimum atomic E-state index is -4.81. The van der Waals surface area contributed by atoms with Crippen molar-refractivity contribution in [2.24, 2.45) is 5.41 Å². The second-order valence-corrected chi connectivity index (χ2v) is 6.05. The second-order valence-electron chi connectivity index (χ2n) is 3.96. The lowest BCUT2D eigenvalue weighted by Gasteiger charge is -2.32. The van der Waals surface area contributed by atoms with E-state index in [4.69, 9.17) is 19.3 Å². The van der Waals surface area contributed by atoms with Crippen molar-refractivity contribution in [2.45, 2.75) is 13.0 Å². The van der Waals surface area contributed by atoms with Gasteiger partial charge in [-0.2, -0.15) is 12.6 Å². The first kappa shape index (κ1) is 18.6. The second kappa shape index (κ2) is 7.40. The van der Waals surface area contributed by atoms with Crippen LogP contribution in [0.5, 0.6) is 0 Å². The van der Waals surface area contributed by atoms with Gasteiger partial charge in [-0.15, -0.1) is 0 Å². The predicted molar refractivity (Wildman–Crippen MR) is 64.6 cm³/mol. The van der Waals surface area contributed by atoms with Crippen molar-refractivity contribution >= 4 is 21.5 Å². The van der Waals surface area contributed by atoms with Crippen LogP contribution in [0.1, 0.15) is 6.92 Å². The van der Waals surface area contributed by atoms with Gasteiger partial charge in [-0.3, -0.25) is 13.3 Å². The Morgan fingerprint density at radius 1 is 1.47 bits per heavy atom. The summed E-state index contributed by atoms with van der Waals surface area (Å²) in [6.45, 7) is -1.07. The molecule has 0 heterocycles. The first-order valence-electron chi connectivity index (χ1n) is 4.90. The molecule has 11 heteroatoms. The summed E-state index contributed by atoms with van der Waals surface area (Å²) in [7, 11) is -4.81. The lowest BCUT2D eigenvalue weighted by atomic mass is 9.85. The van der Waals surface area contributed by atoms with E-state index in [9.17, 15) is 17.7 Å². The quantitative estimate of drug-likeness (QED) is 0.258. The summed E-state index contributed by atoms with van der Waals surface area (Å²) in [5, 5.41) is 27.7. The van der Waals surface area contributed by atoms with Crippen molar-refractivity contribution in [3.63, 3.8) is 0 Å². The number of aliphatic hydroxyl groups is 3. The molecule has 19 heavy (non-hydrogen) atoms. The molecule has 0 rings (SSSR count). The fourth-order valence-electron chi connectivity index (χ4n) is 1.19. The van der Waals surface area contributed by atoms with Crippen molar-refractivity contribution in [3.8, 4) is 0 Å². The molecule has 0 radical (unpaired) electrons. The van der Waals surface area contributed by atoms with Crippen molar-refractivity contribution < 1.29 is 41.2 Å². The number of aliphatic hydroxyl groups excluding tert-OH is 3. The molecule has 0 spiro atoms. The summed E-state index contributed by atoms with van der Waals surface area (Å²) >= 11 is -2.67. The molecule has 0 fully saturated rings. The third kappa shape index (κ3) is 5.62. The van der Waals surface area contributed by atoms with Crippen LogP contribution in [0.15, 0.2) is 11.0 Å². The average Bonchev–Trinajstić information content (AvgIpc) is 2.30. The van der Waals surface area contributed by atoms with Gasteiger partial charge in [0.25, 0.3) is 10.1 Å². The maximum Gasteiger partial charge on any atom is 0.301 e. The summed E-state index contributed by atoms with van der Waals surface area (Å²) in [4.78, 5) is -0.932. The molecule has 0 aliphatic heterocycles. The van der Waals surface area contributed by atoms with Gasteiger partial charge in [0.1, 0.15) is 6.10 Å². The van der Waals surface area contributed by atoms with Gasteiger partial charge in [0.05, 0.1) is 24.7 Å². The molecule has 0 saturated heterocycles. The summed E-state index contributed by atoms with van der Waals surface area (Å²) in [5.41, 5.74) is -1.67. The van der Waals surface area contributed by atoms with E-state index in [1.807, 2.05) is 0 Å². The SMILES string of the molecule is CC(CO)(COS(=O)O)C(O)C(=CCO)S(=O)(=O)O. The Kier molecular flexibility index (Phi) is 7.24. The zero-order chi connectivity index (χ0) is 15.3. The molecule has 3 unspecified atom stereocenters. The molecular formula is C8H16O9S2.